The van der Waals surface area contributed by atoms with Gasteiger partial charge in [0.15, 0.2) is 0 Å². The molecule has 2 heteroatoms. The van der Waals surface area contributed by atoms with Crippen molar-refractivity contribution in [2.75, 3.05) is 13.1 Å². The van der Waals surface area contributed by atoms with Crippen LogP contribution in [0.4, 0.5) is 0 Å². The first-order valence-electron chi connectivity index (χ1n) is 11.3. The molecule has 1 fully saturated rings. The minimum absolute atomic E-state index is 0.104. The molecule has 0 saturated carbocycles. The maximum absolute atomic E-state index is 12.2. The molecule has 158 valence electrons. The third-order valence-corrected chi connectivity index (χ3v) is 6.08. The van der Waals surface area contributed by atoms with E-state index in [1.807, 2.05) is 31.7 Å². The van der Waals surface area contributed by atoms with Crippen LogP contribution in [0.2, 0.25) is 0 Å². The number of hydrogen-bond acceptors (Lipinski definition) is 1. The summed E-state index contributed by atoms with van der Waals surface area (Å²) in [4.78, 5) is 14.2. The first-order valence-corrected chi connectivity index (χ1v) is 11.3. The second-order valence-corrected chi connectivity index (χ2v) is 8.78. The summed E-state index contributed by atoms with van der Waals surface area (Å²) in [6.07, 6.45) is 17.1. The Bertz CT molecular complexity index is 872. The van der Waals surface area contributed by atoms with Crippen LogP contribution < -0.4 is 0 Å². The molecule has 2 aliphatic rings. The predicted octanol–water partition coefficient (Wildman–Crippen LogP) is 6.53. The summed E-state index contributed by atoms with van der Waals surface area (Å²) in [5.74, 6) is 1.07. The molecule has 0 radical (unpaired) electrons. The van der Waals surface area contributed by atoms with E-state index in [4.69, 9.17) is 0 Å². The van der Waals surface area contributed by atoms with E-state index in [1.165, 1.54) is 22.3 Å². The smallest absolute Gasteiger partial charge is 0.225 e. The molecule has 1 amide bonds. The number of carbonyl (C=O) groups excluding carboxylic acids is 1. The monoisotopic (exact) mass is 401 g/mol. The van der Waals surface area contributed by atoms with Gasteiger partial charge < -0.3 is 4.90 Å². The lowest BCUT2D eigenvalue weighted by Gasteiger charge is -2.33. The van der Waals surface area contributed by atoms with E-state index in [0.717, 1.165) is 44.3 Å². The predicted molar refractivity (Wildman–Crippen MR) is 128 cm³/mol. The van der Waals surface area contributed by atoms with Crippen molar-refractivity contribution in [3.63, 3.8) is 0 Å². The van der Waals surface area contributed by atoms with E-state index in [2.05, 4.69) is 61.2 Å². The number of likely N-dealkylation sites (tertiary alicyclic amines) is 1. The van der Waals surface area contributed by atoms with E-state index in [-0.39, 0.29) is 5.92 Å². The first-order chi connectivity index (χ1) is 14.5. The molecular formula is C28H35NO. The standard InChI is InChI=1S/C28H35NO/c1-5-6-9-26-20-27(10-7-8-22(26)4)25-13-11-23(12-14-25)19-24-15-17-29(18-16-24)28(30)21(2)3/h5-7,9-14,20-21,24H,4,8,15-19H2,1-3H3/b6-5-,26-9-. The van der Waals surface area contributed by atoms with Gasteiger partial charge in [0.25, 0.3) is 0 Å². The van der Waals surface area contributed by atoms with Gasteiger partial charge >= 0.3 is 0 Å². The molecule has 1 heterocycles. The summed E-state index contributed by atoms with van der Waals surface area (Å²) in [5.41, 5.74) is 6.21. The van der Waals surface area contributed by atoms with Crippen LogP contribution in [0.3, 0.4) is 0 Å². The number of rotatable bonds is 5. The van der Waals surface area contributed by atoms with Crippen molar-refractivity contribution in [2.24, 2.45) is 11.8 Å². The SMILES string of the molecule is C=C1CC=CC(c2ccc(CC3CCN(C(=O)C(C)C)CC3)cc2)=C/C1=C/C=C\C. The van der Waals surface area contributed by atoms with Crippen molar-refractivity contribution in [3.8, 4) is 0 Å². The van der Waals surface area contributed by atoms with E-state index in [9.17, 15) is 4.79 Å². The fourth-order valence-electron chi connectivity index (χ4n) is 4.20. The van der Waals surface area contributed by atoms with Gasteiger partial charge in [0.1, 0.15) is 0 Å². The Labute approximate surface area is 182 Å². The Balaban J connectivity index is 1.64. The lowest BCUT2D eigenvalue weighted by Crippen LogP contribution is -2.40. The topological polar surface area (TPSA) is 20.3 Å². The number of benzene rings is 1. The van der Waals surface area contributed by atoms with Crippen molar-refractivity contribution >= 4 is 11.5 Å². The summed E-state index contributed by atoms with van der Waals surface area (Å²) in [7, 11) is 0. The molecule has 2 nitrogen and oxygen atoms in total. The van der Waals surface area contributed by atoms with Crippen molar-refractivity contribution < 1.29 is 4.79 Å². The Hall–Kier alpha value is -2.61. The molecule has 1 aromatic rings. The van der Waals surface area contributed by atoms with Gasteiger partial charge in [-0.1, -0.05) is 75.1 Å². The van der Waals surface area contributed by atoms with Crippen LogP contribution >= 0.6 is 0 Å². The lowest BCUT2D eigenvalue weighted by atomic mass is 9.89. The summed E-state index contributed by atoms with van der Waals surface area (Å²) in [6.45, 7) is 12.0. The van der Waals surface area contributed by atoms with Crippen LogP contribution in [0.5, 0.6) is 0 Å². The van der Waals surface area contributed by atoms with Gasteiger partial charge in [-0.25, -0.2) is 0 Å². The molecule has 0 bridgehead atoms. The number of piperidine rings is 1. The highest BCUT2D eigenvalue weighted by Crippen LogP contribution is 2.28. The lowest BCUT2D eigenvalue weighted by molar-refractivity contribution is -0.135. The molecule has 1 aliphatic heterocycles. The molecule has 0 N–H and O–H groups in total. The van der Waals surface area contributed by atoms with Crippen molar-refractivity contribution in [1.82, 2.24) is 4.90 Å². The highest BCUT2D eigenvalue weighted by atomic mass is 16.2. The highest BCUT2D eigenvalue weighted by molar-refractivity contribution is 5.79. The van der Waals surface area contributed by atoms with E-state index in [1.54, 1.807) is 0 Å². The maximum atomic E-state index is 12.2. The third-order valence-electron chi connectivity index (χ3n) is 6.08. The zero-order chi connectivity index (χ0) is 21.5. The average Bonchev–Trinajstić information content (AvgIpc) is 2.94. The molecule has 0 aromatic heterocycles. The molecule has 3 rings (SSSR count). The highest BCUT2D eigenvalue weighted by Gasteiger charge is 2.24. The Morgan fingerprint density at radius 3 is 2.53 bits per heavy atom. The van der Waals surface area contributed by atoms with Crippen molar-refractivity contribution in [1.29, 1.82) is 0 Å². The largest absolute Gasteiger partial charge is 0.342 e. The molecule has 1 aromatic carbocycles. The second-order valence-electron chi connectivity index (χ2n) is 8.78. The number of allylic oxidation sites excluding steroid dienone is 9. The molecule has 1 aliphatic carbocycles. The van der Waals surface area contributed by atoms with E-state index < -0.39 is 0 Å². The fourth-order valence-corrected chi connectivity index (χ4v) is 4.20. The van der Waals surface area contributed by atoms with Crippen LogP contribution in [0.15, 0.2) is 78.4 Å². The zero-order valence-electron chi connectivity index (χ0n) is 18.7. The normalized spacial score (nSPS) is 19.6. The molecule has 0 unspecified atom stereocenters. The average molecular weight is 402 g/mol. The Morgan fingerprint density at radius 2 is 1.90 bits per heavy atom. The van der Waals surface area contributed by atoms with Gasteiger partial charge in [-0.3, -0.25) is 4.79 Å². The minimum Gasteiger partial charge on any atom is -0.342 e. The van der Waals surface area contributed by atoms with E-state index >= 15 is 0 Å². The van der Waals surface area contributed by atoms with Gasteiger partial charge in [0.2, 0.25) is 5.91 Å². The summed E-state index contributed by atoms with van der Waals surface area (Å²) in [6, 6.07) is 9.02. The third kappa shape index (κ3) is 5.72. The van der Waals surface area contributed by atoms with Gasteiger partial charge in [-0.15, -0.1) is 0 Å². The van der Waals surface area contributed by atoms with Crippen LogP contribution in [-0.4, -0.2) is 23.9 Å². The quantitative estimate of drug-likeness (QED) is 0.549. The molecule has 0 spiro atoms. The summed E-state index contributed by atoms with van der Waals surface area (Å²) >= 11 is 0. The van der Waals surface area contributed by atoms with Crippen LogP contribution in [0.25, 0.3) is 5.57 Å². The Morgan fingerprint density at radius 1 is 1.20 bits per heavy atom. The molecule has 1 saturated heterocycles. The number of hydrogen-bond donors (Lipinski definition) is 0. The molecule has 30 heavy (non-hydrogen) atoms. The number of amides is 1. The van der Waals surface area contributed by atoms with Gasteiger partial charge in [-0.2, -0.15) is 0 Å². The summed E-state index contributed by atoms with van der Waals surface area (Å²) in [5, 5.41) is 0. The van der Waals surface area contributed by atoms with Crippen LogP contribution in [0, 0.1) is 11.8 Å². The van der Waals surface area contributed by atoms with E-state index in [0.29, 0.717) is 11.8 Å². The summed E-state index contributed by atoms with van der Waals surface area (Å²) < 4.78 is 0. The minimum atomic E-state index is 0.104. The maximum Gasteiger partial charge on any atom is 0.225 e. The van der Waals surface area contributed by atoms with Crippen LogP contribution in [0.1, 0.15) is 51.2 Å². The fraction of sp³-hybridized carbons (Fsp3) is 0.393. The van der Waals surface area contributed by atoms with Gasteiger partial charge in [-0.05, 0) is 72.4 Å². The van der Waals surface area contributed by atoms with Crippen LogP contribution in [-0.2, 0) is 11.2 Å². The first kappa shape index (κ1) is 22.1. The number of carbonyl (C=O) groups is 1. The molecular weight excluding hydrogens is 366 g/mol. The zero-order valence-corrected chi connectivity index (χ0v) is 18.7. The Kier molecular flexibility index (Phi) is 7.68. The van der Waals surface area contributed by atoms with Gasteiger partial charge in [0, 0.05) is 19.0 Å². The molecule has 0 atom stereocenters. The number of nitrogens with zero attached hydrogens (tertiary/aromatic N) is 1. The van der Waals surface area contributed by atoms with Crippen molar-refractivity contribution in [3.05, 3.63) is 89.6 Å². The second kappa shape index (κ2) is 10.4. The van der Waals surface area contributed by atoms with Crippen molar-refractivity contribution in [2.45, 2.75) is 46.5 Å². The van der Waals surface area contributed by atoms with Gasteiger partial charge in [0.05, 0.1) is 0 Å².